The van der Waals surface area contributed by atoms with E-state index in [2.05, 4.69) is 15.0 Å². The number of anilines is 1. The fraction of sp³-hybridized carbons (Fsp3) is 0.533. The fourth-order valence-corrected chi connectivity index (χ4v) is 4.63. The number of aromatic nitrogens is 4. The van der Waals surface area contributed by atoms with E-state index in [0.717, 1.165) is 25.3 Å². The molecule has 2 aromatic heterocycles. The minimum absolute atomic E-state index is 0.177. The summed E-state index contributed by atoms with van der Waals surface area (Å²) in [5.41, 5.74) is 6.39. The van der Waals surface area contributed by atoms with E-state index < -0.39 is 32.2 Å². The number of nitrogens with zero attached hydrogens (tertiary/aromatic N) is 5. The minimum Gasteiger partial charge on any atom is -0.382 e. The average molecular weight is 398 g/mol. The highest BCUT2D eigenvalue weighted by atomic mass is 31.2. The van der Waals surface area contributed by atoms with Crippen molar-refractivity contribution < 1.29 is 23.3 Å². The van der Waals surface area contributed by atoms with Gasteiger partial charge in [-0.15, -0.1) is 0 Å². The number of nitrogens with two attached hydrogens (primary N) is 1. The van der Waals surface area contributed by atoms with Crippen LogP contribution in [-0.4, -0.2) is 54.8 Å². The second-order valence-corrected chi connectivity index (χ2v) is 8.62. The van der Waals surface area contributed by atoms with Crippen LogP contribution in [0.15, 0.2) is 24.6 Å². The summed E-state index contributed by atoms with van der Waals surface area (Å²) in [6.45, 7) is 1.11. The highest BCUT2D eigenvalue weighted by Crippen LogP contribution is 2.47. The second kappa shape index (κ2) is 7.25. The maximum atomic E-state index is 14.4. The van der Waals surface area contributed by atoms with Crippen LogP contribution in [0.3, 0.4) is 0 Å². The first-order valence-electron chi connectivity index (χ1n) is 8.60. The molecule has 0 aliphatic carbocycles. The van der Waals surface area contributed by atoms with Gasteiger partial charge in [0.2, 0.25) is 0 Å². The van der Waals surface area contributed by atoms with E-state index in [4.69, 9.17) is 15.2 Å². The molecule has 0 amide bonds. The van der Waals surface area contributed by atoms with Crippen molar-refractivity contribution in [3.8, 4) is 0 Å². The molecule has 0 saturated carbocycles. The monoisotopic (exact) mass is 398 g/mol. The van der Waals surface area contributed by atoms with Gasteiger partial charge in [0, 0.05) is 19.2 Å². The lowest BCUT2D eigenvalue weighted by Gasteiger charge is -2.30. The summed E-state index contributed by atoms with van der Waals surface area (Å²) in [5.74, 6) is -0.432. The van der Waals surface area contributed by atoms with Gasteiger partial charge in [-0.05, 0) is 12.8 Å². The summed E-state index contributed by atoms with van der Waals surface area (Å²) in [7, 11) is -3.64. The van der Waals surface area contributed by atoms with Crippen molar-refractivity contribution in [2.24, 2.45) is 0 Å². The topological polar surface area (TPSA) is 129 Å². The van der Waals surface area contributed by atoms with Gasteiger partial charge in [-0.25, -0.2) is 24.0 Å². The molecule has 146 valence electrons. The standard InChI is InChI=1S/C15H20FN6O4P/c16-10-6-11(25-9-27(23,24)21-4-2-1-3-5-21)26-15(10)22-8-20-12-13(17)18-7-19-14(12)22/h6-8,11,15H,1-5,9H2,(H,23,24)(H2,17,18,19)/t11-,15+/m0/s1. The number of piperidine rings is 1. The molecule has 12 heteroatoms. The minimum atomic E-state index is -3.64. The van der Waals surface area contributed by atoms with E-state index >= 15 is 0 Å². The number of halogens is 1. The largest absolute Gasteiger partial charge is 0.382 e. The maximum Gasteiger partial charge on any atom is 0.295 e. The molecular weight excluding hydrogens is 378 g/mol. The van der Waals surface area contributed by atoms with Crippen molar-refractivity contribution in [3.05, 3.63) is 24.6 Å². The third-order valence-electron chi connectivity index (χ3n) is 4.62. The number of nitrogen functional groups attached to an aromatic ring is 1. The van der Waals surface area contributed by atoms with Crippen LogP contribution in [-0.2, 0) is 14.0 Å². The Hall–Kier alpha value is -1.91. The molecule has 0 aromatic carbocycles. The Kier molecular flexibility index (Phi) is 4.95. The number of hydrogen-bond acceptors (Lipinski definition) is 7. The molecule has 4 heterocycles. The summed E-state index contributed by atoms with van der Waals surface area (Å²) in [6.07, 6.45) is 3.86. The van der Waals surface area contributed by atoms with Crippen molar-refractivity contribution >= 4 is 24.5 Å². The smallest absolute Gasteiger partial charge is 0.295 e. The fourth-order valence-electron chi connectivity index (χ4n) is 3.21. The van der Waals surface area contributed by atoms with E-state index in [0.29, 0.717) is 24.3 Å². The van der Waals surface area contributed by atoms with Crippen LogP contribution in [0.5, 0.6) is 0 Å². The molecule has 2 aromatic rings. The van der Waals surface area contributed by atoms with Gasteiger partial charge < -0.3 is 20.1 Å². The number of hydrogen-bond donors (Lipinski definition) is 2. The zero-order chi connectivity index (χ0) is 19.0. The Morgan fingerprint density at radius 1 is 1.33 bits per heavy atom. The highest BCUT2D eigenvalue weighted by molar-refractivity contribution is 7.55. The Bertz CT molecular complexity index is 915. The van der Waals surface area contributed by atoms with Crippen molar-refractivity contribution in [1.82, 2.24) is 24.2 Å². The SMILES string of the molecule is Nc1ncnc2c1ncn2[C@@H]1O[C@H](OCP(=O)(O)N2CCCCC2)C=C1F. The van der Waals surface area contributed by atoms with Crippen LogP contribution < -0.4 is 5.73 Å². The Balaban J connectivity index is 1.44. The molecule has 3 N–H and O–H groups in total. The zero-order valence-corrected chi connectivity index (χ0v) is 15.3. The Morgan fingerprint density at radius 2 is 2.11 bits per heavy atom. The summed E-state index contributed by atoms with van der Waals surface area (Å²) in [4.78, 5) is 22.2. The quantitative estimate of drug-likeness (QED) is 0.724. The van der Waals surface area contributed by atoms with Crippen LogP contribution in [0.1, 0.15) is 25.5 Å². The highest BCUT2D eigenvalue weighted by Gasteiger charge is 2.35. The predicted octanol–water partition coefficient (Wildman–Crippen LogP) is 1.76. The van der Waals surface area contributed by atoms with Crippen molar-refractivity contribution in [1.29, 1.82) is 0 Å². The van der Waals surface area contributed by atoms with Crippen molar-refractivity contribution in [2.75, 3.05) is 25.2 Å². The zero-order valence-electron chi connectivity index (χ0n) is 14.4. The van der Waals surface area contributed by atoms with Gasteiger partial charge in [0.05, 0.1) is 6.33 Å². The third kappa shape index (κ3) is 3.61. The average Bonchev–Trinajstić information content (AvgIpc) is 3.25. The second-order valence-electron chi connectivity index (χ2n) is 6.47. The number of ether oxygens (including phenoxy) is 2. The lowest BCUT2D eigenvalue weighted by Crippen LogP contribution is -2.29. The lowest BCUT2D eigenvalue weighted by atomic mass is 10.2. The molecule has 4 rings (SSSR count). The van der Waals surface area contributed by atoms with Crippen LogP contribution >= 0.6 is 7.52 Å². The molecule has 27 heavy (non-hydrogen) atoms. The van der Waals surface area contributed by atoms with Gasteiger partial charge in [0.25, 0.3) is 7.52 Å². The summed E-state index contributed by atoms with van der Waals surface area (Å²) in [5, 5.41) is 0. The first kappa shape index (κ1) is 18.5. The molecule has 1 unspecified atom stereocenters. The maximum absolute atomic E-state index is 14.4. The summed E-state index contributed by atoms with van der Waals surface area (Å²) in [6, 6.07) is 0. The van der Waals surface area contributed by atoms with Crippen LogP contribution in [0.25, 0.3) is 11.2 Å². The van der Waals surface area contributed by atoms with E-state index in [1.807, 2.05) is 0 Å². The van der Waals surface area contributed by atoms with E-state index in [9.17, 15) is 13.8 Å². The van der Waals surface area contributed by atoms with E-state index in [1.54, 1.807) is 0 Å². The lowest BCUT2D eigenvalue weighted by molar-refractivity contribution is -0.129. The molecule has 0 radical (unpaired) electrons. The molecule has 0 bridgehead atoms. The number of imidazole rings is 1. The Morgan fingerprint density at radius 3 is 2.89 bits per heavy atom. The molecule has 1 saturated heterocycles. The third-order valence-corrected chi connectivity index (χ3v) is 6.38. The van der Waals surface area contributed by atoms with Gasteiger partial charge in [-0.1, -0.05) is 6.42 Å². The molecule has 1 fully saturated rings. The first-order valence-corrected chi connectivity index (χ1v) is 10.4. The molecule has 2 aliphatic heterocycles. The molecular formula is C15H20FN6O4P. The van der Waals surface area contributed by atoms with Gasteiger partial charge in [0.1, 0.15) is 18.2 Å². The van der Waals surface area contributed by atoms with E-state index in [1.165, 1.54) is 21.9 Å². The number of fused-ring (bicyclic) bond motifs is 1. The van der Waals surface area contributed by atoms with Gasteiger partial charge in [-0.3, -0.25) is 9.13 Å². The molecule has 3 atom stereocenters. The van der Waals surface area contributed by atoms with Crippen LogP contribution in [0, 0.1) is 0 Å². The normalized spacial score (nSPS) is 26.2. The van der Waals surface area contributed by atoms with Crippen molar-refractivity contribution in [3.63, 3.8) is 0 Å². The van der Waals surface area contributed by atoms with Gasteiger partial charge in [0.15, 0.2) is 29.8 Å². The summed E-state index contributed by atoms with van der Waals surface area (Å²) >= 11 is 0. The molecule has 10 nitrogen and oxygen atoms in total. The molecule has 0 spiro atoms. The summed E-state index contributed by atoms with van der Waals surface area (Å²) < 4.78 is 40.7. The van der Waals surface area contributed by atoms with E-state index in [-0.39, 0.29) is 5.82 Å². The van der Waals surface area contributed by atoms with Gasteiger partial charge >= 0.3 is 0 Å². The van der Waals surface area contributed by atoms with Gasteiger partial charge in [-0.2, -0.15) is 0 Å². The Labute approximate surface area is 154 Å². The molecule has 2 aliphatic rings. The predicted molar refractivity (Wildman–Crippen MR) is 94.0 cm³/mol. The first-order chi connectivity index (χ1) is 13.0. The van der Waals surface area contributed by atoms with Crippen LogP contribution in [0.2, 0.25) is 0 Å². The van der Waals surface area contributed by atoms with Crippen molar-refractivity contribution in [2.45, 2.75) is 31.8 Å². The van der Waals surface area contributed by atoms with Crippen LogP contribution in [0.4, 0.5) is 10.2 Å². The number of rotatable bonds is 5.